The molecule has 4 rings (SSSR count). The number of likely N-dealkylation sites (N-methyl/N-ethyl adjacent to an activating group) is 1. The van der Waals surface area contributed by atoms with E-state index in [-0.39, 0.29) is 5.91 Å². The van der Waals surface area contributed by atoms with Crippen molar-refractivity contribution in [1.29, 1.82) is 0 Å². The predicted octanol–water partition coefficient (Wildman–Crippen LogP) is 4.99. The van der Waals surface area contributed by atoms with Crippen LogP contribution >= 0.6 is 24.0 Å². The van der Waals surface area contributed by atoms with Crippen molar-refractivity contribution in [3.8, 4) is 16.9 Å². The largest absolute Gasteiger partial charge is 0.296 e. The van der Waals surface area contributed by atoms with E-state index < -0.39 is 0 Å². The van der Waals surface area contributed by atoms with E-state index >= 15 is 0 Å². The predicted molar refractivity (Wildman–Crippen MR) is 119 cm³/mol. The lowest BCUT2D eigenvalue weighted by molar-refractivity contribution is -0.121. The van der Waals surface area contributed by atoms with Crippen LogP contribution in [0.4, 0.5) is 0 Å². The Bertz CT molecular complexity index is 1120. The van der Waals surface area contributed by atoms with Gasteiger partial charge < -0.3 is 0 Å². The monoisotopic (exact) mass is 405 g/mol. The van der Waals surface area contributed by atoms with E-state index in [9.17, 15) is 4.79 Å². The molecule has 1 fully saturated rings. The minimum Gasteiger partial charge on any atom is -0.296 e. The Morgan fingerprint density at radius 3 is 2.54 bits per heavy atom. The molecule has 2 heterocycles. The number of hydrogen-bond donors (Lipinski definition) is 0. The topological polar surface area (TPSA) is 38.1 Å². The van der Waals surface area contributed by atoms with Gasteiger partial charge in [-0.2, -0.15) is 5.10 Å². The molecule has 140 valence electrons. The van der Waals surface area contributed by atoms with Gasteiger partial charge >= 0.3 is 0 Å². The fourth-order valence-corrected chi connectivity index (χ4v) is 4.26. The number of carbonyl (C=O) groups is 1. The fourth-order valence-electron chi connectivity index (χ4n) is 3.09. The van der Waals surface area contributed by atoms with Crippen LogP contribution in [0.15, 0.2) is 59.6 Å². The standard InChI is InChI=1S/C22H19N3OS2/c1-14-9-10-15(2)18(11-14)20-16(12-19-21(26)24(3)22(27)28-19)13-25(23-20)17-7-5-4-6-8-17/h4-13H,1-3H3. The van der Waals surface area contributed by atoms with Gasteiger partial charge in [0.15, 0.2) is 0 Å². The number of thioether (sulfide) groups is 1. The molecule has 0 saturated carbocycles. The van der Waals surface area contributed by atoms with Crippen LogP contribution in [0.5, 0.6) is 0 Å². The average Bonchev–Trinajstić information content (AvgIpc) is 3.21. The van der Waals surface area contributed by atoms with Gasteiger partial charge in [0.05, 0.1) is 10.6 Å². The molecule has 1 saturated heterocycles. The SMILES string of the molecule is Cc1ccc(C)c(-c2nn(-c3ccccc3)cc2C=C2SC(=S)N(C)C2=O)c1. The van der Waals surface area contributed by atoms with Gasteiger partial charge in [-0.1, -0.05) is 59.9 Å². The van der Waals surface area contributed by atoms with Crippen LogP contribution in [0.25, 0.3) is 23.0 Å². The first kappa shape index (κ1) is 18.7. The van der Waals surface area contributed by atoms with E-state index in [0.29, 0.717) is 9.23 Å². The molecule has 0 bridgehead atoms. The molecule has 28 heavy (non-hydrogen) atoms. The van der Waals surface area contributed by atoms with E-state index in [1.54, 1.807) is 7.05 Å². The smallest absolute Gasteiger partial charge is 0.265 e. The van der Waals surface area contributed by atoms with Crippen molar-refractivity contribution in [2.75, 3.05) is 7.05 Å². The Morgan fingerprint density at radius 1 is 1.11 bits per heavy atom. The number of thiocarbonyl (C=S) groups is 1. The van der Waals surface area contributed by atoms with Crippen molar-refractivity contribution in [1.82, 2.24) is 14.7 Å². The molecule has 1 aromatic heterocycles. The number of carbonyl (C=O) groups excluding carboxylic acids is 1. The molecular weight excluding hydrogens is 386 g/mol. The minimum absolute atomic E-state index is 0.0747. The highest BCUT2D eigenvalue weighted by Gasteiger charge is 2.29. The molecule has 0 radical (unpaired) electrons. The third kappa shape index (κ3) is 3.41. The van der Waals surface area contributed by atoms with Gasteiger partial charge in [0.1, 0.15) is 10.0 Å². The number of rotatable bonds is 3. The van der Waals surface area contributed by atoms with Crippen molar-refractivity contribution >= 4 is 40.3 Å². The first-order valence-electron chi connectivity index (χ1n) is 8.88. The summed E-state index contributed by atoms with van der Waals surface area (Å²) in [5, 5.41) is 4.86. The number of para-hydroxylation sites is 1. The second-order valence-corrected chi connectivity index (χ2v) is 8.45. The number of amides is 1. The number of hydrogen-bond acceptors (Lipinski definition) is 4. The van der Waals surface area contributed by atoms with Crippen molar-refractivity contribution in [3.63, 3.8) is 0 Å². The summed E-state index contributed by atoms with van der Waals surface area (Å²) in [6, 6.07) is 16.3. The van der Waals surface area contributed by atoms with Crippen molar-refractivity contribution in [2.24, 2.45) is 0 Å². The van der Waals surface area contributed by atoms with Gasteiger partial charge in [0, 0.05) is 24.4 Å². The zero-order valence-electron chi connectivity index (χ0n) is 15.8. The maximum Gasteiger partial charge on any atom is 0.265 e. The zero-order chi connectivity index (χ0) is 19.8. The Kier molecular flexibility index (Phi) is 4.91. The molecule has 1 aliphatic rings. The quantitative estimate of drug-likeness (QED) is 0.455. The second kappa shape index (κ2) is 7.37. The maximum absolute atomic E-state index is 12.5. The summed E-state index contributed by atoms with van der Waals surface area (Å²) in [5.74, 6) is -0.0747. The highest BCUT2D eigenvalue weighted by atomic mass is 32.2. The third-order valence-corrected chi connectivity index (χ3v) is 6.17. The highest BCUT2D eigenvalue weighted by Crippen LogP contribution is 2.35. The van der Waals surface area contributed by atoms with Gasteiger partial charge in [0.2, 0.25) is 0 Å². The van der Waals surface area contributed by atoms with Crippen LogP contribution in [0.2, 0.25) is 0 Å². The molecule has 3 aromatic rings. The summed E-state index contributed by atoms with van der Waals surface area (Å²) in [7, 11) is 1.71. The van der Waals surface area contributed by atoms with Gasteiger partial charge in [-0.15, -0.1) is 0 Å². The molecule has 6 heteroatoms. The van der Waals surface area contributed by atoms with E-state index in [4.69, 9.17) is 17.3 Å². The average molecular weight is 406 g/mol. The number of nitrogens with zero attached hydrogens (tertiary/aromatic N) is 3. The van der Waals surface area contributed by atoms with Crippen molar-refractivity contribution in [3.05, 3.63) is 76.3 Å². The molecule has 4 nitrogen and oxygen atoms in total. The lowest BCUT2D eigenvalue weighted by Crippen LogP contribution is -2.22. The fraction of sp³-hybridized carbons (Fsp3) is 0.136. The summed E-state index contributed by atoms with van der Waals surface area (Å²) in [6.07, 6.45) is 3.86. The van der Waals surface area contributed by atoms with Crippen molar-refractivity contribution < 1.29 is 4.79 Å². The van der Waals surface area contributed by atoms with E-state index in [0.717, 1.165) is 28.1 Å². The molecule has 0 unspecified atom stereocenters. The van der Waals surface area contributed by atoms with Crippen LogP contribution in [0.3, 0.4) is 0 Å². The zero-order valence-corrected chi connectivity index (χ0v) is 17.5. The van der Waals surface area contributed by atoms with Gasteiger partial charge in [-0.25, -0.2) is 4.68 Å². The van der Waals surface area contributed by atoms with Gasteiger partial charge in [-0.3, -0.25) is 9.69 Å². The second-order valence-electron chi connectivity index (χ2n) is 6.77. The lowest BCUT2D eigenvalue weighted by atomic mass is 10.0. The summed E-state index contributed by atoms with van der Waals surface area (Å²) in [6.45, 7) is 4.14. The molecule has 0 N–H and O–H groups in total. The summed E-state index contributed by atoms with van der Waals surface area (Å²) in [4.78, 5) is 14.6. The molecule has 2 aromatic carbocycles. The van der Waals surface area contributed by atoms with Crippen LogP contribution in [-0.2, 0) is 4.79 Å². The first-order valence-corrected chi connectivity index (χ1v) is 10.1. The number of benzene rings is 2. The van der Waals surface area contributed by atoms with E-state index in [1.807, 2.05) is 47.3 Å². The first-order chi connectivity index (χ1) is 13.4. The Hall–Kier alpha value is -2.70. The number of aryl methyl sites for hydroxylation is 2. The lowest BCUT2D eigenvalue weighted by Gasteiger charge is -2.06. The van der Waals surface area contributed by atoms with Crippen molar-refractivity contribution in [2.45, 2.75) is 13.8 Å². The Labute approximate surface area is 173 Å². The third-order valence-electron chi connectivity index (χ3n) is 4.68. The van der Waals surface area contributed by atoms with Gasteiger partial charge in [-0.05, 0) is 43.7 Å². The summed E-state index contributed by atoms with van der Waals surface area (Å²) >= 11 is 6.59. The highest BCUT2D eigenvalue weighted by molar-refractivity contribution is 8.26. The normalized spacial score (nSPS) is 15.7. The summed E-state index contributed by atoms with van der Waals surface area (Å²) in [5.41, 5.74) is 6.09. The number of aromatic nitrogens is 2. The minimum atomic E-state index is -0.0747. The maximum atomic E-state index is 12.5. The van der Waals surface area contributed by atoms with E-state index in [1.165, 1.54) is 22.2 Å². The molecule has 0 aliphatic carbocycles. The molecule has 1 aliphatic heterocycles. The van der Waals surface area contributed by atoms with Crippen LogP contribution in [0.1, 0.15) is 16.7 Å². The van der Waals surface area contributed by atoms with Crippen LogP contribution in [-0.4, -0.2) is 32.0 Å². The molecule has 0 spiro atoms. The Morgan fingerprint density at radius 2 is 1.86 bits per heavy atom. The molecule has 1 amide bonds. The van der Waals surface area contributed by atoms with Crippen LogP contribution in [0, 0.1) is 13.8 Å². The van der Waals surface area contributed by atoms with Gasteiger partial charge in [0.25, 0.3) is 5.91 Å². The van der Waals surface area contributed by atoms with Crippen LogP contribution < -0.4 is 0 Å². The Balaban J connectivity index is 1.89. The van der Waals surface area contributed by atoms with E-state index in [2.05, 4.69) is 32.0 Å². The molecular formula is C22H19N3OS2. The molecule has 0 atom stereocenters. The summed E-state index contributed by atoms with van der Waals surface area (Å²) < 4.78 is 2.43.